The van der Waals surface area contributed by atoms with E-state index in [1.807, 2.05) is 13.0 Å². The minimum Gasteiger partial charge on any atom is -0.508 e. The molecule has 0 aliphatic carbocycles. The minimum absolute atomic E-state index is 0.142. The number of aliphatic hydroxyl groups excluding tert-OH is 2. The summed E-state index contributed by atoms with van der Waals surface area (Å²) < 4.78 is 0. The Hall–Kier alpha value is -1.79. The fourth-order valence-electron chi connectivity index (χ4n) is 1.99. The molecule has 0 fully saturated rings. The second-order valence-corrected chi connectivity index (χ2v) is 5.47. The smallest absolute Gasteiger partial charge is 0.115 e. The predicted octanol–water partition coefficient (Wildman–Crippen LogP) is 3.47. The Morgan fingerprint density at radius 3 is 1.68 bits per heavy atom. The number of aliphatic hydroxyl groups is 2. The van der Waals surface area contributed by atoms with Crippen molar-refractivity contribution in [1.29, 1.82) is 0 Å². The Balaban J connectivity index is 0.000000421. The summed E-state index contributed by atoms with van der Waals surface area (Å²) in [4.78, 5) is 0. The van der Waals surface area contributed by atoms with Crippen molar-refractivity contribution in [1.82, 2.24) is 0 Å². The highest BCUT2D eigenvalue weighted by atomic mass is 35.5. The van der Waals surface area contributed by atoms with Crippen LogP contribution in [0.1, 0.15) is 43.1 Å². The normalized spacial score (nSPS) is 12.1. The number of halogens is 1. The highest BCUT2D eigenvalue weighted by Crippen LogP contribution is 2.21. The number of rotatable bonds is 5. The second kappa shape index (κ2) is 13.5. The van der Waals surface area contributed by atoms with E-state index in [1.165, 1.54) is 13.1 Å². The van der Waals surface area contributed by atoms with Gasteiger partial charge in [0.05, 0.1) is 18.1 Å². The number of phenolic OH excluding ortho intramolecular Hbond substituents is 2. The number of benzene rings is 2. The molecule has 2 atom stereocenters. The Kier molecular flexibility index (Phi) is 12.5. The number of nitrogens with two attached hydrogens (primary N) is 1. The average molecular weight is 370 g/mol. The van der Waals surface area contributed by atoms with E-state index in [0.717, 1.165) is 18.4 Å². The topological polar surface area (TPSA) is 107 Å². The quantitative estimate of drug-likeness (QED) is 0.519. The molecule has 0 amide bonds. The van der Waals surface area contributed by atoms with E-state index in [2.05, 4.69) is 5.73 Å². The lowest BCUT2D eigenvalue weighted by Gasteiger charge is -2.08. The molecule has 2 aromatic carbocycles. The third-order valence-corrected chi connectivity index (χ3v) is 3.51. The van der Waals surface area contributed by atoms with E-state index in [9.17, 15) is 10.2 Å². The van der Waals surface area contributed by atoms with Gasteiger partial charge in [-0.3, -0.25) is 0 Å². The highest BCUT2D eigenvalue weighted by Gasteiger charge is 2.06. The summed E-state index contributed by atoms with van der Waals surface area (Å²) in [6.45, 7) is 2.02. The molecular formula is C19H28ClNO4. The lowest BCUT2D eigenvalue weighted by atomic mass is 10.1. The van der Waals surface area contributed by atoms with E-state index in [4.69, 9.17) is 21.8 Å². The van der Waals surface area contributed by atoms with Gasteiger partial charge in [-0.15, -0.1) is 11.6 Å². The van der Waals surface area contributed by atoms with Gasteiger partial charge < -0.3 is 26.2 Å². The zero-order valence-electron chi connectivity index (χ0n) is 14.6. The van der Waals surface area contributed by atoms with Gasteiger partial charge in [0.2, 0.25) is 0 Å². The van der Waals surface area contributed by atoms with Crippen molar-refractivity contribution in [3.8, 4) is 11.5 Å². The lowest BCUT2D eigenvalue weighted by Crippen LogP contribution is -1.97. The van der Waals surface area contributed by atoms with Gasteiger partial charge in [0.25, 0.3) is 0 Å². The van der Waals surface area contributed by atoms with Gasteiger partial charge in [0.15, 0.2) is 0 Å². The molecule has 0 saturated carbocycles. The van der Waals surface area contributed by atoms with Crippen LogP contribution in [-0.4, -0.2) is 33.4 Å². The molecule has 25 heavy (non-hydrogen) atoms. The molecule has 0 heterocycles. The summed E-state index contributed by atoms with van der Waals surface area (Å²) in [6.07, 6.45) is 0.547. The summed E-state index contributed by atoms with van der Waals surface area (Å²) in [7, 11) is 1.50. The SMILES string of the molecule is CCC[C@H](O)c1cccc(O)c1.CN.Oc1cccc([C@@H](O)CCl)c1. The molecule has 0 radical (unpaired) electrons. The Bertz CT molecular complexity index is 595. The van der Waals surface area contributed by atoms with Gasteiger partial charge >= 0.3 is 0 Å². The van der Waals surface area contributed by atoms with E-state index in [-0.39, 0.29) is 17.4 Å². The largest absolute Gasteiger partial charge is 0.508 e. The molecule has 0 aromatic heterocycles. The average Bonchev–Trinajstić information content (AvgIpc) is 2.63. The van der Waals surface area contributed by atoms with E-state index < -0.39 is 12.2 Å². The van der Waals surface area contributed by atoms with Crippen LogP contribution in [0, 0.1) is 0 Å². The van der Waals surface area contributed by atoms with Gasteiger partial charge in [-0.05, 0) is 48.9 Å². The van der Waals surface area contributed by atoms with Gasteiger partial charge in [0.1, 0.15) is 11.5 Å². The Morgan fingerprint density at radius 2 is 1.32 bits per heavy atom. The molecule has 5 nitrogen and oxygen atoms in total. The summed E-state index contributed by atoms with van der Waals surface area (Å²) in [5.74, 6) is 0.498. The van der Waals surface area contributed by atoms with Crippen LogP contribution in [0.5, 0.6) is 11.5 Å². The molecule has 0 aliphatic heterocycles. The molecule has 0 unspecified atom stereocenters. The molecular weight excluding hydrogens is 342 g/mol. The van der Waals surface area contributed by atoms with Crippen molar-refractivity contribution in [3.63, 3.8) is 0 Å². The number of alkyl halides is 1. The van der Waals surface area contributed by atoms with Crippen LogP contribution in [0.15, 0.2) is 48.5 Å². The number of aromatic hydroxyl groups is 2. The van der Waals surface area contributed by atoms with Crippen molar-refractivity contribution >= 4 is 11.6 Å². The second-order valence-electron chi connectivity index (χ2n) is 5.16. The van der Waals surface area contributed by atoms with Crippen LogP contribution < -0.4 is 5.73 Å². The molecule has 0 spiro atoms. The van der Waals surface area contributed by atoms with Crippen LogP contribution in [0.4, 0.5) is 0 Å². The monoisotopic (exact) mass is 369 g/mol. The third-order valence-electron chi connectivity index (χ3n) is 3.22. The van der Waals surface area contributed by atoms with Gasteiger partial charge in [0, 0.05) is 0 Å². The van der Waals surface area contributed by atoms with Gasteiger partial charge in [-0.2, -0.15) is 0 Å². The number of phenols is 2. The maximum absolute atomic E-state index is 9.53. The fourth-order valence-corrected chi connectivity index (χ4v) is 2.17. The number of hydrogen-bond donors (Lipinski definition) is 5. The van der Waals surface area contributed by atoms with Crippen molar-refractivity contribution in [3.05, 3.63) is 59.7 Å². The van der Waals surface area contributed by atoms with Gasteiger partial charge in [-0.1, -0.05) is 37.6 Å². The summed E-state index contributed by atoms with van der Waals surface area (Å²) in [6, 6.07) is 13.2. The van der Waals surface area contributed by atoms with Crippen molar-refractivity contribution < 1.29 is 20.4 Å². The van der Waals surface area contributed by atoms with Gasteiger partial charge in [-0.25, -0.2) is 0 Å². The molecule has 2 aromatic rings. The van der Waals surface area contributed by atoms with Crippen LogP contribution in [0.2, 0.25) is 0 Å². The predicted molar refractivity (Wildman–Crippen MR) is 102 cm³/mol. The van der Waals surface area contributed by atoms with E-state index >= 15 is 0 Å². The molecule has 0 saturated heterocycles. The van der Waals surface area contributed by atoms with Crippen LogP contribution in [0.3, 0.4) is 0 Å². The Labute approximate surface area is 154 Å². The van der Waals surface area contributed by atoms with Crippen molar-refractivity contribution in [2.45, 2.75) is 32.0 Å². The highest BCUT2D eigenvalue weighted by molar-refractivity contribution is 6.18. The first-order chi connectivity index (χ1) is 12.0. The molecule has 0 aliphatic rings. The van der Waals surface area contributed by atoms with E-state index in [1.54, 1.807) is 36.4 Å². The van der Waals surface area contributed by atoms with Crippen molar-refractivity contribution in [2.24, 2.45) is 5.73 Å². The zero-order valence-corrected chi connectivity index (χ0v) is 15.4. The van der Waals surface area contributed by atoms with Crippen LogP contribution in [0.25, 0.3) is 0 Å². The zero-order chi connectivity index (χ0) is 19.2. The molecule has 0 bridgehead atoms. The lowest BCUT2D eigenvalue weighted by molar-refractivity contribution is 0.166. The van der Waals surface area contributed by atoms with Crippen LogP contribution >= 0.6 is 11.6 Å². The molecule has 6 N–H and O–H groups in total. The van der Waals surface area contributed by atoms with Crippen LogP contribution in [-0.2, 0) is 0 Å². The maximum atomic E-state index is 9.53. The molecule has 140 valence electrons. The molecule has 2 rings (SSSR count). The van der Waals surface area contributed by atoms with Crippen molar-refractivity contribution in [2.75, 3.05) is 12.9 Å². The summed E-state index contributed by atoms with van der Waals surface area (Å²) >= 11 is 5.41. The third kappa shape index (κ3) is 9.31. The number of hydrogen-bond acceptors (Lipinski definition) is 5. The first-order valence-electron chi connectivity index (χ1n) is 8.05. The van der Waals surface area contributed by atoms with E-state index in [0.29, 0.717) is 5.56 Å². The summed E-state index contributed by atoms with van der Waals surface area (Å²) in [5, 5.41) is 36.9. The fraction of sp³-hybridized carbons (Fsp3) is 0.368. The standard InChI is InChI=1S/C10H14O2.C8H9ClO2.CH5N/c1-2-4-10(12)8-5-3-6-9(11)7-8;9-5-8(11)6-2-1-3-7(10)4-6;1-2/h3,5-7,10-12H,2,4H2,1H3;1-4,8,10-11H,5H2;2H2,1H3/t10-;8-;/m00./s1. The minimum atomic E-state index is -0.691. The summed E-state index contributed by atoms with van der Waals surface area (Å²) in [5.41, 5.74) is 5.93. The molecule has 6 heteroatoms. The Morgan fingerprint density at radius 1 is 0.880 bits per heavy atom. The first-order valence-corrected chi connectivity index (χ1v) is 8.59. The maximum Gasteiger partial charge on any atom is 0.115 e. The first kappa shape index (κ1) is 23.2.